The van der Waals surface area contributed by atoms with E-state index >= 15 is 0 Å². The molecule has 96 valence electrons. The van der Waals surface area contributed by atoms with Gasteiger partial charge in [0.05, 0.1) is 0 Å². The van der Waals surface area contributed by atoms with Crippen LogP contribution >= 0.6 is 0 Å². The first-order chi connectivity index (χ1) is 7.57. The average molecular weight is 228 g/mol. The lowest BCUT2D eigenvalue weighted by Crippen LogP contribution is -2.31. The molecule has 0 spiro atoms. The van der Waals surface area contributed by atoms with Crippen LogP contribution in [0.4, 0.5) is 0 Å². The van der Waals surface area contributed by atoms with Crippen molar-refractivity contribution in [3.8, 4) is 0 Å². The van der Waals surface area contributed by atoms with Gasteiger partial charge in [0.25, 0.3) is 0 Å². The Hall–Kier alpha value is -0.570. The van der Waals surface area contributed by atoms with E-state index in [2.05, 4.69) is 26.1 Å². The van der Waals surface area contributed by atoms with E-state index < -0.39 is 0 Å². The molecular formula is C13H28N2O. The molecule has 1 N–H and O–H groups in total. The maximum absolute atomic E-state index is 11.3. The zero-order valence-corrected chi connectivity index (χ0v) is 11.4. The van der Waals surface area contributed by atoms with Crippen LogP contribution in [0.1, 0.15) is 53.4 Å². The number of nitrogens with zero attached hydrogens (tertiary/aromatic N) is 1. The van der Waals surface area contributed by atoms with Gasteiger partial charge in [0.15, 0.2) is 0 Å². The SMILES string of the molecule is CCCCN(CCCCNC(C)C)C(C)=O. The summed E-state index contributed by atoms with van der Waals surface area (Å²) in [6.45, 7) is 11.0. The van der Waals surface area contributed by atoms with Crippen LogP contribution in [0, 0.1) is 0 Å². The third kappa shape index (κ3) is 8.72. The third-order valence-corrected chi connectivity index (χ3v) is 2.63. The first kappa shape index (κ1) is 15.4. The van der Waals surface area contributed by atoms with Crippen molar-refractivity contribution in [3.63, 3.8) is 0 Å². The molecule has 0 radical (unpaired) electrons. The average Bonchev–Trinajstić information content (AvgIpc) is 2.21. The molecule has 0 aromatic carbocycles. The zero-order valence-electron chi connectivity index (χ0n) is 11.4. The largest absolute Gasteiger partial charge is 0.343 e. The van der Waals surface area contributed by atoms with Gasteiger partial charge in [-0.15, -0.1) is 0 Å². The molecule has 0 saturated carbocycles. The van der Waals surface area contributed by atoms with Gasteiger partial charge in [0.2, 0.25) is 5.91 Å². The van der Waals surface area contributed by atoms with Gasteiger partial charge in [-0.1, -0.05) is 27.2 Å². The molecule has 0 bridgehead atoms. The van der Waals surface area contributed by atoms with Crippen molar-refractivity contribution in [2.75, 3.05) is 19.6 Å². The summed E-state index contributed by atoms with van der Waals surface area (Å²) in [7, 11) is 0. The minimum atomic E-state index is 0.213. The number of unbranched alkanes of at least 4 members (excludes halogenated alkanes) is 2. The summed E-state index contributed by atoms with van der Waals surface area (Å²) in [6, 6.07) is 0.559. The number of hydrogen-bond acceptors (Lipinski definition) is 2. The quantitative estimate of drug-likeness (QED) is 0.615. The van der Waals surface area contributed by atoms with Crippen LogP contribution in [0.15, 0.2) is 0 Å². The number of nitrogens with one attached hydrogen (secondary N) is 1. The lowest BCUT2D eigenvalue weighted by Gasteiger charge is -2.20. The molecule has 16 heavy (non-hydrogen) atoms. The monoisotopic (exact) mass is 228 g/mol. The summed E-state index contributed by atoms with van der Waals surface area (Å²) < 4.78 is 0. The van der Waals surface area contributed by atoms with Gasteiger partial charge in [-0.25, -0.2) is 0 Å². The van der Waals surface area contributed by atoms with Crippen molar-refractivity contribution >= 4 is 5.91 Å². The van der Waals surface area contributed by atoms with Crippen molar-refractivity contribution in [2.24, 2.45) is 0 Å². The maximum atomic E-state index is 11.3. The first-order valence-corrected chi connectivity index (χ1v) is 6.56. The number of rotatable bonds is 9. The number of carbonyl (C=O) groups is 1. The van der Waals surface area contributed by atoms with Crippen LogP contribution in [0.5, 0.6) is 0 Å². The Bertz CT molecular complexity index is 181. The third-order valence-electron chi connectivity index (χ3n) is 2.63. The molecule has 0 saturated heterocycles. The standard InChI is InChI=1S/C13H28N2O/c1-5-6-10-15(13(4)16)11-8-7-9-14-12(2)3/h12,14H,5-11H2,1-4H3. The predicted molar refractivity (Wildman–Crippen MR) is 69.5 cm³/mol. The minimum absolute atomic E-state index is 0.213. The van der Waals surface area contributed by atoms with Gasteiger partial charge < -0.3 is 10.2 Å². The molecule has 0 aliphatic carbocycles. The number of hydrogen-bond donors (Lipinski definition) is 1. The predicted octanol–water partition coefficient (Wildman–Crippen LogP) is 2.41. The fraction of sp³-hybridized carbons (Fsp3) is 0.923. The Morgan fingerprint density at radius 1 is 1.19 bits per heavy atom. The summed E-state index contributed by atoms with van der Waals surface area (Å²) in [5, 5.41) is 3.39. The molecule has 0 aromatic rings. The molecule has 0 fully saturated rings. The second-order valence-electron chi connectivity index (χ2n) is 4.68. The molecular weight excluding hydrogens is 200 g/mol. The van der Waals surface area contributed by atoms with Gasteiger partial charge >= 0.3 is 0 Å². The Kier molecular flexibility index (Phi) is 9.30. The fourth-order valence-corrected chi connectivity index (χ4v) is 1.59. The van der Waals surface area contributed by atoms with Crippen LogP contribution < -0.4 is 5.32 Å². The van der Waals surface area contributed by atoms with E-state index in [9.17, 15) is 4.79 Å². The lowest BCUT2D eigenvalue weighted by molar-refractivity contribution is -0.129. The molecule has 0 aromatic heterocycles. The van der Waals surface area contributed by atoms with E-state index in [1.165, 1.54) is 0 Å². The van der Waals surface area contributed by atoms with Gasteiger partial charge in [0, 0.05) is 26.1 Å². The first-order valence-electron chi connectivity index (χ1n) is 6.56. The highest BCUT2D eigenvalue weighted by atomic mass is 16.2. The second kappa shape index (κ2) is 9.64. The van der Waals surface area contributed by atoms with Crippen LogP contribution in [0.2, 0.25) is 0 Å². The highest BCUT2D eigenvalue weighted by Gasteiger charge is 2.06. The summed E-state index contributed by atoms with van der Waals surface area (Å²) in [4.78, 5) is 13.3. The summed E-state index contributed by atoms with van der Waals surface area (Å²) >= 11 is 0. The minimum Gasteiger partial charge on any atom is -0.343 e. The number of amides is 1. The Balaban J connectivity index is 3.56. The number of carbonyl (C=O) groups excluding carboxylic acids is 1. The summed E-state index contributed by atoms with van der Waals surface area (Å²) in [6.07, 6.45) is 4.51. The summed E-state index contributed by atoms with van der Waals surface area (Å²) in [5.41, 5.74) is 0. The molecule has 0 heterocycles. The topological polar surface area (TPSA) is 32.3 Å². The highest BCUT2D eigenvalue weighted by molar-refractivity contribution is 5.73. The van der Waals surface area contributed by atoms with E-state index in [1.54, 1.807) is 6.92 Å². The van der Waals surface area contributed by atoms with Gasteiger partial charge in [-0.2, -0.15) is 0 Å². The molecule has 0 aliphatic rings. The van der Waals surface area contributed by atoms with E-state index in [-0.39, 0.29) is 5.91 Å². The maximum Gasteiger partial charge on any atom is 0.219 e. The Morgan fingerprint density at radius 2 is 1.81 bits per heavy atom. The van der Waals surface area contributed by atoms with E-state index in [0.717, 1.165) is 45.3 Å². The van der Waals surface area contributed by atoms with Crippen molar-refractivity contribution in [1.82, 2.24) is 10.2 Å². The summed E-state index contributed by atoms with van der Waals surface area (Å²) in [5.74, 6) is 0.213. The molecule has 1 amide bonds. The Morgan fingerprint density at radius 3 is 2.31 bits per heavy atom. The van der Waals surface area contributed by atoms with Crippen LogP contribution in [-0.2, 0) is 4.79 Å². The molecule has 0 rings (SSSR count). The highest BCUT2D eigenvalue weighted by Crippen LogP contribution is 1.99. The van der Waals surface area contributed by atoms with Gasteiger partial charge in [-0.05, 0) is 25.8 Å². The van der Waals surface area contributed by atoms with Crippen molar-refractivity contribution < 1.29 is 4.79 Å². The molecule has 3 nitrogen and oxygen atoms in total. The Labute approximate surface area is 101 Å². The molecule has 3 heteroatoms. The molecule has 0 aliphatic heterocycles. The van der Waals surface area contributed by atoms with E-state index in [0.29, 0.717) is 6.04 Å². The van der Waals surface area contributed by atoms with E-state index in [4.69, 9.17) is 0 Å². The molecule has 0 unspecified atom stereocenters. The molecule has 0 atom stereocenters. The van der Waals surface area contributed by atoms with Crippen LogP contribution in [-0.4, -0.2) is 36.5 Å². The normalized spacial score (nSPS) is 10.8. The second-order valence-corrected chi connectivity index (χ2v) is 4.68. The van der Waals surface area contributed by atoms with Gasteiger partial charge in [-0.3, -0.25) is 4.79 Å². The van der Waals surface area contributed by atoms with Crippen molar-refractivity contribution in [3.05, 3.63) is 0 Å². The zero-order chi connectivity index (χ0) is 12.4. The lowest BCUT2D eigenvalue weighted by atomic mass is 10.2. The van der Waals surface area contributed by atoms with Crippen molar-refractivity contribution in [1.29, 1.82) is 0 Å². The fourth-order valence-electron chi connectivity index (χ4n) is 1.59. The van der Waals surface area contributed by atoms with Gasteiger partial charge in [0.1, 0.15) is 0 Å². The van der Waals surface area contributed by atoms with Crippen molar-refractivity contribution in [2.45, 2.75) is 59.4 Å². The van der Waals surface area contributed by atoms with Crippen LogP contribution in [0.3, 0.4) is 0 Å². The smallest absolute Gasteiger partial charge is 0.219 e. The van der Waals surface area contributed by atoms with E-state index in [1.807, 2.05) is 4.90 Å². The van der Waals surface area contributed by atoms with Crippen LogP contribution in [0.25, 0.3) is 0 Å².